The fraction of sp³-hybridized carbons (Fsp3) is 0.278. The first-order valence-electron chi connectivity index (χ1n) is 15.2. The molecule has 11 heteroatoms. The average molecular weight is 678 g/mol. The van der Waals surface area contributed by atoms with Crippen LogP contribution >= 0.6 is 11.6 Å². The number of halogens is 1. The summed E-state index contributed by atoms with van der Waals surface area (Å²) >= 11 is 6.33. The molecule has 4 aromatic rings. The lowest BCUT2D eigenvalue weighted by molar-refractivity contribution is -0.140. The highest BCUT2D eigenvalue weighted by Crippen LogP contribution is 2.36. The maximum Gasteiger partial charge on any atom is 0.264 e. The Kier molecular flexibility index (Phi) is 12.3. The first-order chi connectivity index (χ1) is 22.6. The van der Waals surface area contributed by atoms with Crippen LogP contribution in [0.15, 0.2) is 108 Å². The van der Waals surface area contributed by atoms with Crippen LogP contribution in [0.3, 0.4) is 0 Å². The summed E-state index contributed by atoms with van der Waals surface area (Å²) in [4.78, 5) is 30.1. The fourth-order valence-corrected chi connectivity index (χ4v) is 6.70. The number of hydrogen-bond acceptors (Lipinski definition) is 6. The molecule has 2 atom stereocenters. The Morgan fingerprint density at radius 2 is 1.51 bits per heavy atom. The molecule has 0 heterocycles. The summed E-state index contributed by atoms with van der Waals surface area (Å²) in [5, 5.41) is 3.50. The van der Waals surface area contributed by atoms with E-state index in [0.29, 0.717) is 22.8 Å². The van der Waals surface area contributed by atoms with Crippen LogP contribution in [-0.2, 0) is 32.6 Å². The van der Waals surface area contributed by atoms with Crippen LogP contribution in [0.1, 0.15) is 31.4 Å². The number of ether oxygens (including phenoxy) is 2. The van der Waals surface area contributed by atoms with Gasteiger partial charge in [0.1, 0.15) is 24.1 Å². The number of nitrogens with one attached hydrogen (secondary N) is 1. The Morgan fingerprint density at radius 1 is 0.851 bits per heavy atom. The van der Waals surface area contributed by atoms with E-state index >= 15 is 0 Å². The molecule has 0 aromatic heterocycles. The van der Waals surface area contributed by atoms with Gasteiger partial charge in [-0.05, 0) is 60.9 Å². The van der Waals surface area contributed by atoms with Gasteiger partial charge in [0.15, 0.2) is 0 Å². The van der Waals surface area contributed by atoms with Crippen LogP contribution in [0.5, 0.6) is 11.5 Å². The molecule has 0 saturated carbocycles. The summed E-state index contributed by atoms with van der Waals surface area (Å²) in [7, 11) is -1.44. The lowest BCUT2D eigenvalue weighted by Crippen LogP contribution is -2.54. The van der Waals surface area contributed by atoms with E-state index in [2.05, 4.69) is 5.32 Å². The summed E-state index contributed by atoms with van der Waals surface area (Å²) in [6.45, 7) is 3.21. The SMILES string of the molecule is CC[C@@H](C)NC(=O)[C@@H](Cc1ccccc1)N(Cc1cccc(Cl)c1)C(=O)CN(c1cc(OC)ccc1OC)S(=O)(=O)c1ccccc1. The Balaban J connectivity index is 1.86. The molecule has 0 spiro atoms. The van der Waals surface area contributed by atoms with Crippen molar-refractivity contribution in [1.82, 2.24) is 10.2 Å². The zero-order chi connectivity index (χ0) is 34.0. The number of benzene rings is 4. The van der Waals surface area contributed by atoms with Crippen molar-refractivity contribution in [2.75, 3.05) is 25.1 Å². The zero-order valence-electron chi connectivity index (χ0n) is 26.9. The third kappa shape index (κ3) is 9.05. The predicted octanol–water partition coefficient (Wildman–Crippen LogP) is 6.11. The molecule has 47 heavy (non-hydrogen) atoms. The molecular weight excluding hydrogens is 638 g/mol. The van der Waals surface area contributed by atoms with Crippen LogP contribution in [0, 0.1) is 0 Å². The maximum atomic E-state index is 14.7. The van der Waals surface area contributed by atoms with Crippen molar-refractivity contribution >= 4 is 39.1 Å². The van der Waals surface area contributed by atoms with Gasteiger partial charge in [0.25, 0.3) is 10.0 Å². The highest BCUT2D eigenvalue weighted by molar-refractivity contribution is 7.92. The van der Waals surface area contributed by atoms with Crippen molar-refractivity contribution in [2.24, 2.45) is 0 Å². The predicted molar refractivity (Wildman–Crippen MR) is 184 cm³/mol. The summed E-state index contributed by atoms with van der Waals surface area (Å²) in [5.74, 6) is -0.369. The van der Waals surface area contributed by atoms with Crippen LogP contribution in [0.4, 0.5) is 5.69 Å². The van der Waals surface area contributed by atoms with Gasteiger partial charge in [-0.3, -0.25) is 13.9 Å². The minimum atomic E-state index is -4.32. The van der Waals surface area contributed by atoms with Crippen LogP contribution < -0.4 is 19.1 Å². The molecule has 4 aromatic carbocycles. The largest absolute Gasteiger partial charge is 0.497 e. The smallest absolute Gasteiger partial charge is 0.264 e. The van der Waals surface area contributed by atoms with Gasteiger partial charge in [-0.1, -0.05) is 79.2 Å². The molecule has 1 N–H and O–H groups in total. The molecule has 9 nitrogen and oxygen atoms in total. The molecule has 0 saturated heterocycles. The van der Waals surface area contributed by atoms with E-state index in [0.717, 1.165) is 9.87 Å². The van der Waals surface area contributed by atoms with E-state index < -0.39 is 28.5 Å². The third-order valence-electron chi connectivity index (χ3n) is 7.78. The van der Waals surface area contributed by atoms with Gasteiger partial charge in [0.2, 0.25) is 11.8 Å². The highest BCUT2D eigenvalue weighted by atomic mass is 35.5. The number of anilines is 1. The topological polar surface area (TPSA) is 105 Å². The quantitative estimate of drug-likeness (QED) is 0.163. The maximum absolute atomic E-state index is 14.7. The van der Waals surface area contributed by atoms with Crippen LogP contribution in [0.25, 0.3) is 0 Å². The molecular formula is C36H40ClN3O6S. The third-order valence-corrected chi connectivity index (χ3v) is 9.79. The van der Waals surface area contributed by atoms with Gasteiger partial charge in [-0.25, -0.2) is 8.42 Å². The number of hydrogen-bond donors (Lipinski definition) is 1. The van der Waals surface area contributed by atoms with Crippen molar-refractivity contribution in [3.63, 3.8) is 0 Å². The number of carbonyl (C=O) groups is 2. The molecule has 0 aliphatic rings. The summed E-state index contributed by atoms with van der Waals surface area (Å²) in [6, 6.07) is 27.8. The van der Waals surface area contributed by atoms with Crippen molar-refractivity contribution < 1.29 is 27.5 Å². The van der Waals surface area contributed by atoms with Crippen molar-refractivity contribution in [3.05, 3.63) is 119 Å². The monoisotopic (exact) mass is 677 g/mol. The lowest BCUT2D eigenvalue weighted by atomic mass is 10.0. The molecule has 248 valence electrons. The summed E-state index contributed by atoms with van der Waals surface area (Å²) < 4.78 is 40.6. The molecule has 4 rings (SSSR count). The number of sulfonamides is 1. The fourth-order valence-electron chi connectivity index (χ4n) is 5.05. The van der Waals surface area contributed by atoms with Gasteiger partial charge in [0, 0.05) is 30.1 Å². The molecule has 0 aliphatic heterocycles. The van der Waals surface area contributed by atoms with Gasteiger partial charge in [-0.15, -0.1) is 0 Å². The Hall–Kier alpha value is -4.54. The molecule has 2 amide bonds. The first kappa shape index (κ1) is 35.3. The standard InChI is InChI=1S/C36H40ClN3O6S/c1-5-26(2)38-36(42)33(22-27-13-8-6-9-14-27)39(24-28-15-12-16-29(37)21-28)35(41)25-40(47(43,44)31-17-10-7-11-18-31)32-23-30(45-3)19-20-34(32)46-4/h6-21,23,26,33H,5,22,24-25H2,1-4H3,(H,38,42)/t26-,33-/m1/s1. The Labute approximate surface area is 282 Å². The average Bonchev–Trinajstić information content (AvgIpc) is 3.09. The molecule has 0 unspecified atom stereocenters. The van der Waals surface area contributed by atoms with E-state index in [4.69, 9.17) is 21.1 Å². The summed E-state index contributed by atoms with van der Waals surface area (Å²) in [6.07, 6.45) is 0.883. The van der Waals surface area contributed by atoms with Gasteiger partial charge in [0.05, 0.1) is 24.8 Å². The minimum absolute atomic E-state index is 0.000705. The minimum Gasteiger partial charge on any atom is -0.497 e. The molecule has 0 aliphatic carbocycles. The number of carbonyl (C=O) groups excluding carboxylic acids is 2. The van der Waals surface area contributed by atoms with Crippen molar-refractivity contribution in [3.8, 4) is 11.5 Å². The normalized spacial score (nSPS) is 12.4. The Bertz CT molecular complexity index is 1760. The van der Waals surface area contributed by atoms with E-state index in [9.17, 15) is 18.0 Å². The second-order valence-corrected chi connectivity index (χ2v) is 13.3. The van der Waals surface area contributed by atoms with Crippen LogP contribution in [-0.4, -0.2) is 58.0 Å². The Morgan fingerprint density at radius 3 is 2.13 bits per heavy atom. The molecule has 0 fully saturated rings. The summed E-state index contributed by atoms with van der Waals surface area (Å²) in [5.41, 5.74) is 1.62. The number of rotatable bonds is 15. The van der Waals surface area contributed by atoms with Gasteiger partial charge >= 0.3 is 0 Å². The van der Waals surface area contributed by atoms with Gasteiger partial charge < -0.3 is 19.7 Å². The van der Waals surface area contributed by atoms with E-state index in [1.54, 1.807) is 48.5 Å². The van der Waals surface area contributed by atoms with Gasteiger partial charge in [-0.2, -0.15) is 0 Å². The van der Waals surface area contributed by atoms with Crippen molar-refractivity contribution in [2.45, 2.75) is 50.2 Å². The van der Waals surface area contributed by atoms with Crippen molar-refractivity contribution in [1.29, 1.82) is 0 Å². The molecule has 0 radical (unpaired) electrons. The number of amides is 2. The van der Waals surface area contributed by atoms with E-state index in [1.165, 1.54) is 37.3 Å². The first-order valence-corrected chi connectivity index (χ1v) is 17.1. The second kappa shape index (κ2) is 16.3. The number of nitrogens with zero attached hydrogens (tertiary/aromatic N) is 2. The van der Waals surface area contributed by atoms with Crippen LogP contribution in [0.2, 0.25) is 5.02 Å². The molecule has 0 bridgehead atoms. The number of methoxy groups -OCH3 is 2. The lowest BCUT2D eigenvalue weighted by Gasteiger charge is -2.34. The zero-order valence-corrected chi connectivity index (χ0v) is 28.5. The second-order valence-electron chi connectivity index (χ2n) is 11.0. The van der Waals surface area contributed by atoms with E-state index in [-0.39, 0.29) is 41.2 Å². The highest BCUT2D eigenvalue weighted by Gasteiger charge is 2.36. The van der Waals surface area contributed by atoms with E-state index in [1.807, 2.05) is 50.2 Å².